The van der Waals surface area contributed by atoms with Crippen molar-refractivity contribution in [3.05, 3.63) is 66.0 Å². The van der Waals surface area contributed by atoms with E-state index < -0.39 is 68.1 Å². The molecule has 3 amide bonds. The molecule has 1 aromatic carbocycles. The van der Waals surface area contributed by atoms with E-state index >= 15 is 0 Å². The molecule has 0 spiro atoms. The number of rotatable bonds is 14. The third-order valence-electron chi connectivity index (χ3n) is 10.6. The van der Waals surface area contributed by atoms with Gasteiger partial charge in [-0.05, 0) is 83.4 Å². The number of likely N-dealkylation sites (tertiary alicyclic amines) is 1. The molecule has 1 saturated heterocycles. The maximum Gasteiger partial charge on any atom is 0.308 e. The summed E-state index contributed by atoms with van der Waals surface area (Å²) < 4.78 is 30.9. The Labute approximate surface area is 315 Å². The van der Waals surface area contributed by atoms with Crippen LogP contribution in [0, 0.1) is 17.8 Å². The monoisotopic (exact) mass is 753 g/mol. The molecule has 2 heterocycles. The highest BCUT2D eigenvalue weighted by Gasteiger charge is 2.47. The van der Waals surface area contributed by atoms with Gasteiger partial charge < -0.3 is 20.7 Å². The standard InChI is InChI=1S/C40H59N5O7S/c1-26(2)38(49)52-33(25-45-24-30-18-13-12-17-28(30)22-32(45)36(47)44-39(3,4)5)31(21-27-15-10-9-11-16-27)42-37(48)34(40(6,7)53(8,50)51)43-35(46)29-19-14-20-41-23-29/h9-11,14-16,19-20,23,26,28,30-34H,12-13,17-18,21-22,24-25H2,1-8H3,(H,42,48)(H,43,46)(H,44,47)/t28-,30+,31-,32-,33+,34+/m0/s1. The molecular weight excluding hydrogens is 695 g/mol. The van der Waals surface area contributed by atoms with Crippen molar-refractivity contribution in [3.63, 3.8) is 0 Å². The Balaban J connectivity index is 1.76. The molecule has 13 heteroatoms. The van der Waals surface area contributed by atoms with Gasteiger partial charge in [0, 0.05) is 37.3 Å². The number of ether oxygens (including phenoxy) is 1. The Hall–Kier alpha value is -3.84. The molecule has 53 heavy (non-hydrogen) atoms. The van der Waals surface area contributed by atoms with Crippen molar-refractivity contribution in [2.24, 2.45) is 17.8 Å². The minimum atomic E-state index is -3.91. The zero-order valence-electron chi connectivity index (χ0n) is 32.6. The molecule has 1 aliphatic heterocycles. The maximum absolute atomic E-state index is 14.5. The molecule has 4 rings (SSSR count). The van der Waals surface area contributed by atoms with Crippen molar-refractivity contribution in [1.82, 2.24) is 25.8 Å². The van der Waals surface area contributed by atoms with E-state index in [0.29, 0.717) is 24.8 Å². The lowest BCUT2D eigenvalue weighted by Gasteiger charge is -2.47. The zero-order valence-corrected chi connectivity index (χ0v) is 33.4. The number of piperidine rings is 1. The number of aromatic nitrogens is 1. The largest absolute Gasteiger partial charge is 0.459 e. The highest BCUT2D eigenvalue weighted by molar-refractivity contribution is 7.92. The van der Waals surface area contributed by atoms with E-state index in [0.717, 1.165) is 37.5 Å². The predicted molar refractivity (Wildman–Crippen MR) is 205 cm³/mol. The minimum absolute atomic E-state index is 0.0906. The van der Waals surface area contributed by atoms with Gasteiger partial charge in [0.2, 0.25) is 11.8 Å². The van der Waals surface area contributed by atoms with Crippen LogP contribution in [-0.2, 0) is 35.4 Å². The van der Waals surface area contributed by atoms with E-state index in [2.05, 4.69) is 25.8 Å². The molecule has 3 N–H and O–H groups in total. The first-order valence-electron chi connectivity index (χ1n) is 18.8. The number of esters is 1. The first-order chi connectivity index (χ1) is 24.8. The quantitative estimate of drug-likeness (QED) is 0.241. The molecular formula is C40H59N5O7S. The highest BCUT2D eigenvalue weighted by Crippen LogP contribution is 2.39. The van der Waals surface area contributed by atoms with Crippen molar-refractivity contribution in [2.45, 2.75) is 122 Å². The Morgan fingerprint density at radius 1 is 0.943 bits per heavy atom. The topological polar surface area (TPSA) is 164 Å². The molecule has 0 unspecified atom stereocenters. The third kappa shape index (κ3) is 11.3. The summed E-state index contributed by atoms with van der Waals surface area (Å²) in [6, 6.07) is 9.62. The molecule has 2 aromatic rings. The highest BCUT2D eigenvalue weighted by atomic mass is 32.2. The van der Waals surface area contributed by atoms with E-state index in [1.807, 2.05) is 51.1 Å². The number of benzene rings is 1. The van der Waals surface area contributed by atoms with Crippen molar-refractivity contribution in [1.29, 1.82) is 0 Å². The van der Waals surface area contributed by atoms with E-state index in [1.54, 1.807) is 19.9 Å². The van der Waals surface area contributed by atoms with Gasteiger partial charge >= 0.3 is 5.97 Å². The number of carbonyl (C=O) groups is 4. The number of fused-ring (bicyclic) bond motifs is 1. The molecule has 1 saturated carbocycles. The molecule has 1 aromatic heterocycles. The van der Waals surface area contributed by atoms with Crippen LogP contribution in [0.15, 0.2) is 54.9 Å². The second kappa shape index (κ2) is 17.5. The van der Waals surface area contributed by atoms with Gasteiger partial charge in [-0.15, -0.1) is 0 Å². The second-order valence-corrected chi connectivity index (χ2v) is 19.3. The van der Waals surface area contributed by atoms with Crippen molar-refractivity contribution in [2.75, 3.05) is 19.3 Å². The number of hydrogen-bond donors (Lipinski definition) is 3. The molecule has 0 bridgehead atoms. The molecule has 12 nitrogen and oxygen atoms in total. The van der Waals surface area contributed by atoms with Crippen molar-refractivity contribution < 1.29 is 32.3 Å². The summed E-state index contributed by atoms with van der Waals surface area (Å²) in [6.45, 7) is 12.9. The number of pyridine rings is 1. The Morgan fingerprint density at radius 3 is 2.19 bits per heavy atom. The molecule has 2 aliphatic rings. The Bertz CT molecular complexity index is 1680. The summed E-state index contributed by atoms with van der Waals surface area (Å²) in [6.07, 6.45) is 8.20. The van der Waals surface area contributed by atoms with Gasteiger partial charge in [0.25, 0.3) is 5.91 Å². The number of nitrogens with zero attached hydrogens (tertiary/aromatic N) is 2. The van der Waals surface area contributed by atoms with Gasteiger partial charge in [-0.1, -0.05) is 63.4 Å². The normalized spacial score (nSPS) is 21.4. The van der Waals surface area contributed by atoms with Crippen LogP contribution in [0.2, 0.25) is 0 Å². The summed E-state index contributed by atoms with van der Waals surface area (Å²) in [5.74, 6) is -1.66. The summed E-state index contributed by atoms with van der Waals surface area (Å²) in [4.78, 5) is 61.4. The van der Waals surface area contributed by atoms with Crippen LogP contribution in [0.5, 0.6) is 0 Å². The van der Waals surface area contributed by atoms with E-state index in [4.69, 9.17) is 4.74 Å². The van der Waals surface area contributed by atoms with Gasteiger partial charge in [-0.3, -0.25) is 29.1 Å². The van der Waals surface area contributed by atoms with Crippen LogP contribution in [-0.4, -0.2) is 95.9 Å². The fourth-order valence-corrected chi connectivity index (χ4v) is 7.87. The number of carbonyl (C=O) groups excluding carboxylic acids is 4. The summed E-state index contributed by atoms with van der Waals surface area (Å²) in [5.41, 5.74) is 0.542. The third-order valence-corrected chi connectivity index (χ3v) is 12.8. The molecule has 1 aliphatic carbocycles. The lowest BCUT2D eigenvalue weighted by molar-refractivity contribution is -0.158. The summed E-state index contributed by atoms with van der Waals surface area (Å²) in [5, 5.41) is 8.86. The number of hydrogen-bond acceptors (Lipinski definition) is 9. The lowest BCUT2D eigenvalue weighted by atomic mass is 9.72. The SMILES string of the molecule is CC(C)C(=O)O[C@H](CN1C[C@H]2CCCC[C@H]2C[C@H]1C(=O)NC(C)(C)C)[C@H](Cc1ccccc1)NC(=O)[C@@H](NC(=O)c1cccnc1)C(C)(C)S(C)(=O)=O. The van der Waals surface area contributed by atoms with Crippen LogP contribution < -0.4 is 16.0 Å². The summed E-state index contributed by atoms with van der Waals surface area (Å²) >= 11 is 0. The summed E-state index contributed by atoms with van der Waals surface area (Å²) in [7, 11) is -3.91. The molecule has 292 valence electrons. The fourth-order valence-electron chi connectivity index (χ4n) is 7.28. The second-order valence-electron chi connectivity index (χ2n) is 16.7. The van der Waals surface area contributed by atoms with E-state index in [-0.39, 0.29) is 24.4 Å². The first kappa shape index (κ1) is 41.9. The molecule has 0 radical (unpaired) electrons. The van der Waals surface area contributed by atoms with Crippen LogP contribution in [0.4, 0.5) is 0 Å². The van der Waals surface area contributed by atoms with E-state index in [9.17, 15) is 27.6 Å². The van der Waals surface area contributed by atoms with Crippen LogP contribution >= 0.6 is 0 Å². The van der Waals surface area contributed by atoms with Gasteiger partial charge in [0.15, 0.2) is 9.84 Å². The lowest BCUT2D eigenvalue weighted by Crippen LogP contribution is -2.64. The zero-order chi connectivity index (χ0) is 39.1. The van der Waals surface area contributed by atoms with Crippen LogP contribution in [0.25, 0.3) is 0 Å². The first-order valence-corrected chi connectivity index (χ1v) is 20.7. The maximum atomic E-state index is 14.5. The van der Waals surface area contributed by atoms with Crippen molar-refractivity contribution in [3.8, 4) is 0 Å². The number of amides is 3. The van der Waals surface area contributed by atoms with Gasteiger partial charge in [-0.2, -0.15) is 0 Å². The Morgan fingerprint density at radius 2 is 1.60 bits per heavy atom. The fraction of sp³-hybridized carbons (Fsp3) is 0.625. The van der Waals surface area contributed by atoms with E-state index in [1.165, 1.54) is 32.3 Å². The Kier molecular flexibility index (Phi) is 13.9. The number of nitrogens with one attached hydrogen (secondary N) is 3. The number of sulfone groups is 1. The van der Waals surface area contributed by atoms with Crippen LogP contribution in [0.3, 0.4) is 0 Å². The molecule has 6 atom stereocenters. The average molecular weight is 754 g/mol. The van der Waals surface area contributed by atoms with Gasteiger partial charge in [-0.25, -0.2) is 8.42 Å². The van der Waals surface area contributed by atoms with Gasteiger partial charge in [0.05, 0.1) is 28.3 Å². The van der Waals surface area contributed by atoms with Crippen molar-refractivity contribution >= 4 is 33.5 Å². The predicted octanol–water partition coefficient (Wildman–Crippen LogP) is 4.09. The van der Waals surface area contributed by atoms with Crippen LogP contribution in [0.1, 0.15) is 96.5 Å². The average Bonchev–Trinajstić information content (AvgIpc) is 3.08. The smallest absolute Gasteiger partial charge is 0.308 e. The van der Waals surface area contributed by atoms with Gasteiger partial charge in [0.1, 0.15) is 12.1 Å². The minimum Gasteiger partial charge on any atom is -0.459 e. The molecule has 2 fully saturated rings.